The van der Waals surface area contributed by atoms with Gasteiger partial charge in [-0.3, -0.25) is 4.57 Å². The van der Waals surface area contributed by atoms with Crippen molar-refractivity contribution in [2.75, 3.05) is 11.1 Å². The van der Waals surface area contributed by atoms with Crippen LogP contribution in [0.2, 0.25) is 0 Å². The number of halogens is 2. The molecular weight excluding hydrogens is 440 g/mol. The molecular formula is C17H24BrFN3O4P. The van der Waals surface area contributed by atoms with Gasteiger partial charge in [0.25, 0.3) is 0 Å². The number of rotatable bonds is 6. The summed E-state index contributed by atoms with van der Waals surface area (Å²) in [6, 6.07) is 1.44. The lowest BCUT2D eigenvalue weighted by Crippen LogP contribution is -2.14. The van der Waals surface area contributed by atoms with E-state index in [0.717, 1.165) is 11.1 Å². The van der Waals surface area contributed by atoms with E-state index in [1.807, 2.05) is 4.57 Å². The number of fused-ring (bicyclic) bond motifs is 1. The second-order valence-corrected chi connectivity index (χ2v) is 9.83. The van der Waals surface area contributed by atoms with Gasteiger partial charge >= 0.3 is 7.60 Å². The summed E-state index contributed by atoms with van der Waals surface area (Å²) in [7, 11) is -4.34. The summed E-state index contributed by atoms with van der Waals surface area (Å²) < 4.78 is 33.5. The van der Waals surface area contributed by atoms with Crippen LogP contribution in [0.1, 0.15) is 44.2 Å². The Balaban J connectivity index is 2.16. The predicted molar refractivity (Wildman–Crippen MR) is 105 cm³/mol. The van der Waals surface area contributed by atoms with Gasteiger partial charge < -0.3 is 24.8 Å². The van der Waals surface area contributed by atoms with Gasteiger partial charge in [-0.2, -0.15) is 0 Å². The fourth-order valence-corrected chi connectivity index (χ4v) is 4.76. The van der Waals surface area contributed by atoms with E-state index in [1.165, 1.54) is 6.07 Å². The van der Waals surface area contributed by atoms with Gasteiger partial charge in [0, 0.05) is 11.9 Å². The van der Waals surface area contributed by atoms with E-state index in [0.29, 0.717) is 36.1 Å². The number of hydrogen-bond donors (Lipinski definition) is 3. The minimum absolute atomic E-state index is 0.0170. The molecule has 1 aliphatic heterocycles. The lowest BCUT2D eigenvalue weighted by Gasteiger charge is -2.18. The Hall–Kier alpha value is -0.990. The molecule has 0 bridgehead atoms. The number of benzene rings is 1. The van der Waals surface area contributed by atoms with Gasteiger partial charge in [-0.05, 0) is 36.8 Å². The summed E-state index contributed by atoms with van der Waals surface area (Å²) in [5.41, 5.74) is 7.88. The van der Waals surface area contributed by atoms with Gasteiger partial charge in [0.2, 0.25) is 0 Å². The number of alkyl halides is 1. The number of imidazole rings is 1. The molecule has 1 aromatic heterocycles. The third-order valence-corrected chi connectivity index (χ3v) is 6.21. The van der Waals surface area contributed by atoms with E-state index in [-0.39, 0.29) is 18.0 Å². The zero-order valence-electron chi connectivity index (χ0n) is 15.2. The number of nitrogen functional groups attached to an aromatic ring is 1. The van der Waals surface area contributed by atoms with E-state index < -0.39 is 25.4 Å². The molecule has 1 aliphatic rings. The first-order chi connectivity index (χ1) is 12.6. The molecule has 2 atom stereocenters. The first-order valence-electron chi connectivity index (χ1n) is 8.87. The fourth-order valence-electron chi connectivity index (χ4n) is 3.54. The van der Waals surface area contributed by atoms with Crippen LogP contribution in [-0.2, 0) is 22.3 Å². The molecule has 1 aromatic carbocycles. The summed E-state index contributed by atoms with van der Waals surface area (Å²) >= 11 is 3.40. The van der Waals surface area contributed by atoms with Crippen molar-refractivity contribution in [2.45, 2.75) is 51.6 Å². The topological polar surface area (TPSA) is 111 Å². The average molecular weight is 464 g/mol. The Morgan fingerprint density at radius 2 is 2.19 bits per heavy atom. The van der Waals surface area contributed by atoms with Gasteiger partial charge in [0.15, 0.2) is 5.85 Å². The lowest BCUT2D eigenvalue weighted by atomic mass is 10.1. The van der Waals surface area contributed by atoms with E-state index in [9.17, 15) is 18.7 Å². The number of aryl methyl sites for hydroxylation is 1. The van der Waals surface area contributed by atoms with E-state index in [4.69, 9.17) is 10.5 Å². The molecule has 1 fully saturated rings. The smallest absolute Gasteiger partial charge is 0.354 e. The minimum atomic E-state index is -4.34. The molecule has 7 nitrogen and oxygen atoms in total. The maximum absolute atomic E-state index is 14.3. The van der Waals surface area contributed by atoms with Gasteiger partial charge in [-0.1, -0.05) is 29.8 Å². The van der Waals surface area contributed by atoms with Crippen molar-refractivity contribution in [3.8, 4) is 0 Å². The number of anilines is 1. The van der Waals surface area contributed by atoms with Crippen LogP contribution in [0, 0.1) is 11.7 Å². The molecule has 0 amide bonds. The van der Waals surface area contributed by atoms with Crippen LogP contribution in [0.4, 0.5) is 10.1 Å². The van der Waals surface area contributed by atoms with E-state index in [1.54, 1.807) is 0 Å². The van der Waals surface area contributed by atoms with Crippen LogP contribution in [0.25, 0.3) is 11.0 Å². The summed E-state index contributed by atoms with van der Waals surface area (Å²) in [5, 5.41) is 0.661. The molecule has 3 rings (SSSR count). The maximum Gasteiger partial charge on any atom is 0.354 e. The molecule has 1 saturated heterocycles. The number of hydrogen-bond acceptors (Lipinski definition) is 4. The van der Waals surface area contributed by atoms with Crippen LogP contribution in [0.5, 0.6) is 0 Å². The number of nitrogens with zero attached hydrogens (tertiary/aromatic N) is 2. The highest BCUT2D eigenvalue weighted by molar-refractivity contribution is 9.09. The van der Waals surface area contributed by atoms with Gasteiger partial charge in [0.1, 0.15) is 23.3 Å². The summed E-state index contributed by atoms with van der Waals surface area (Å²) in [6.07, 6.45) is 0.729. The Morgan fingerprint density at radius 1 is 1.48 bits per heavy atom. The van der Waals surface area contributed by atoms with Crippen molar-refractivity contribution in [3.63, 3.8) is 0 Å². The molecule has 150 valence electrons. The second-order valence-electron chi connectivity index (χ2n) is 7.29. The third-order valence-electron chi connectivity index (χ3n) is 4.69. The summed E-state index contributed by atoms with van der Waals surface area (Å²) in [6.45, 7) is 4.73. The van der Waals surface area contributed by atoms with Crippen LogP contribution in [-0.4, -0.2) is 30.5 Å². The molecule has 0 spiro atoms. The predicted octanol–water partition coefficient (Wildman–Crippen LogP) is 3.71. The molecule has 10 heteroatoms. The van der Waals surface area contributed by atoms with E-state index >= 15 is 0 Å². The van der Waals surface area contributed by atoms with Crippen molar-refractivity contribution in [3.05, 3.63) is 23.3 Å². The van der Waals surface area contributed by atoms with Crippen LogP contribution >= 0.6 is 23.5 Å². The average Bonchev–Trinajstić information content (AvgIpc) is 3.17. The van der Waals surface area contributed by atoms with Crippen molar-refractivity contribution >= 4 is 40.2 Å². The highest BCUT2D eigenvalue weighted by Gasteiger charge is 2.40. The first-order valence-corrected chi connectivity index (χ1v) is 11.7. The van der Waals surface area contributed by atoms with Crippen molar-refractivity contribution < 1.29 is 23.5 Å². The summed E-state index contributed by atoms with van der Waals surface area (Å²) in [4.78, 5) is 23.4. The largest absolute Gasteiger partial charge is 0.395 e. The molecule has 2 heterocycles. The van der Waals surface area contributed by atoms with Gasteiger partial charge in [-0.15, -0.1) is 0 Å². The number of nitrogens with two attached hydrogens (primary N) is 1. The van der Waals surface area contributed by atoms with Crippen molar-refractivity contribution in [1.82, 2.24) is 9.55 Å². The SMILES string of the molecule is CC(C)Cn1c(C2CCC(P(=O)(O)O)O2)nc2c(N)c(F)cc(CCBr)c21. The Kier molecular flexibility index (Phi) is 5.99. The van der Waals surface area contributed by atoms with Gasteiger partial charge in [-0.25, -0.2) is 9.37 Å². The monoisotopic (exact) mass is 463 g/mol. The molecule has 0 radical (unpaired) electrons. The molecule has 0 aliphatic carbocycles. The van der Waals surface area contributed by atoms with E-state index in [2.05, 4.69) is 34.8 Å². The normalized spacial score (nSPS) is 20.9. The van der Waals surface area contributed by atoms with Gasteiger partial charge in [0.05, 0.1) is 11.2 Å². The molecule has 27 heavy (non-hydrogen) atoms. The first kappa shape index (κ1) is 20.7. The standard InChI is InChI=1S/C17H24BrFN3O4P/c1-9(2)8-22-16-10(5-6-18)7-11(19)14(20)15(16)21-17(22)12-3-4-13(26-12)27(23,24)25/h7,9,12-13H,3-6,8,20H2,1-2H3,(H2,23,24,25). The quantitative estimate of drug-likeness (QED) is 0.342. The molecule has 2 unspecified atom stereocenters. The second kappa shape index (κ2) is 7.79. The Labute approximate surface area is 165 Å². The zero-order chi connectivity index (χ0) is 19.9. The van der Waals surface area contributed by atoms with Crippen LogP contribution in [0.3, 0.4) is 0 Å². The van der Waals surface area contributed by atoms with Crippen LogP contribution in [0.15, 0.2) is 6.07 Å². The highest BCUT2D eigenvalue weighted by atomic mass is 79.9. The Morgan fingerprint density at radius 3 is 2.74 bits per heavy atom. The molecule has 4 N–H and O–H groups in total. The maximum atomic E-state index is 14.3. The highest BCUT2D eigenvalue weighted by Crippen LogP contribution is 2.51. The fraction of sp³-hybridized carbons (Fsp3) is 0.588. The lowest BCUT2D eigenvalue weighted by molar-refractivity contribution is 0.0644. The third kappa shape index (κ3) is 4.07. The van der Waals surface area contributed by atoms with Crippen LogP contribution < -0.4 is 5.73 Å². The molecule has 2 aromatic rings. The molecule has 0 saturated carbocycles. The zero-order valence-corrected chi connectivity index (χ0v) is 17.7. The number of aromatic nitrogens is 2. The summed E-state index contributed by atoms with van der Waals surface area (Å²) in [5.74, 6) is -0.823. The van der Waals surface area contributed by atoms with Crippen molar-refractivity contribution in [1.29, 1.82) is 0 Å². The number of ether oxygens (including phenoxy) is 1. The Bertz CT molecular complexity index is 898. The van der Waals surface area contributed by atoms with Crippen molar-refractivity contribution in [2.24, 2.45) is 5.92 Å². The minimum Gasteiger partial charge on any atom is -0.395 e.